The SMILES string of the molecule is Oc1c(F)cccc1CNNc1ccccc1. The second kappa shape index (κ2) is 5.32. The van der Waals surface area contributed by atoms with E-state index in [1.807, 2.05) is 30.3 Å². The largest absolute Gasteiger partial charge is 0.505 e. The molecule has 3 nitrogen and oxygen atoms in total. The molecule has 0 aliphatic carbocycles. The third-order valence-corrected chi connectivity index (χ3v) is 2.36. The summed E-state index contributed by atoms with van der Waals surface area (Å²) in [4.78, 5) is 0. The Labute approximate surface area is 98.9 Å². The quantitative estimate of drug-likeness (QED) is 0.710. The summed E-state index contributed by atoms with van der Waals surface area (Å²) in [5.74, 6) is -0.918. The molecule has 0 saturated heterocycles. The molecule has 2 rings (SSSR count). The Hall–Kier alpha value is -2.07. The average Bonchev–Trinajstić information content (AvgIpc) is 2.36. The van der Waals surface area contributed by atoms with Crippen LogP contribution in [0.25, 0.3) is 0 Å². The average molecular weight is 232 g/mol. The maximum Gasteiger partial charge on any atom is 0.165 e. The molecule has 0 aliphatic rings. The summed E-state index contributed by atoms with van der Waals surface area (Å²) in [6.07, 6.45) is 0. The molecular weight excluding hydrogens is 219 g/mol. The lowest BCUT2D eigenvalue weighted by Gasteiger charge is -2.09. The van der Waals surface area contributed by atoms with Gasteiger partial charge in [-0.2, -0.15) is 0 Å². The van der Waals surface area contributed by atoms with Crippen molar-refractivity contribution in [1.82, 2.24) is 5.43 Å². The van der Waals surface area contributed by atoms with Gasteiger partial charge in [-0.3, -0.25) is 0 Å². The van der Waals surface area contributed by atoms with Crippen LogP contribution in [0, 0.1) is 5.82 Å². The lowest BCUT2D eigenvalue weighted by molar-refractivity contribution is 0.424. The standard InChI is InChI=1S/C13H13FN2O/c14-12-8-4-5-10(13(12)17)9-15-16-11-6-2-1-3-7-11/h1-8,15-17H,9H2. The van der Waals surface area contributed by atoms with Crippen LogP contribution in [-0.4, -0.2) is 5.11 Å². The Morgan fingerprint density at radius 1 is 1.00 bits per heavy atom. The molecule has 0 amide bonds. The molecule has 0 spiro atoms. The van der Waals surface area contributed by atoms with E-state index in [9.17, 15) is 9.50 Å². The fourth-order valence-electron chi connectivity index (χ4n) is 1.47. The van der Waals surface area contributed by atoms with Gasteiger partial charge in [0.2, 0.25) is 0 Å². The monoisotopic (exact) mass is 232 g/mol. The Bertz CT molecular complexity index is 488. The van der Waals surface area contributed by atoms with Gasteiger partial charge in [0.05, 0.1) is 0 Å². The third kappa shape index (κ3) is 2.95. The van der Waals surface area contributed by atoms with E-state index in [4.69, 9.17) is 0 Å². The fourth-order valence-corrected chi connectivity index (χ4v) is 1.47. The molecular formula is C13H13FN2O. The van der Waals surface area contributed by atoms with Crippen LogP contribution >= 0.6 is 0 Å². The molecule has 0 heterocycles. The van der Waals surface area contributed by atoms with Crippen molar-refractivity contribution in [2.24, 2.45) is 0 Å². The van der Waals surface area contributed by atoms with Gasteiger partial charge < -0.3 is 10.5 Å². The highest BCUT2D eigenvalue weighted by Crippen LogP contribution is 2.20. The van der Waals surface area contributed by atoms with Crippen LogP contribution in [0.4, 0.5) is 10.1 Å². The predicted octanol–water partition coefficient (Wildman–Crippen LogP) is 2.65. The van der Waals surface area contributed by atoms with Gasteiger partial charge in [-0.15, -0.1) is 0 Å². The summed E-state index contributed by atoms with van der Waals surface area (Å²) >= 11 is 0. The van der Waals surface area contributed by atoms with Crippen LogP contribution in [0.1, 0.15) is 5.56 Å². The maximum atomic E-state index is 13.0. The molecule has 0 aliphatic heterocycles. The van der Waals surface area contributed by atoms with Crippen LogP contribution in [0.3, 0.4) is 0 Å². The van der Waals surface area contributed by atoms with Crippen molar-refractivity contribution in [2.75, 3.05) is 5.43 Å². The van der Waals surface area contributed by atoms with Crippen molar-refractivity contribution >= 4 is 5.69 Å². The van der Waals surface area contributed by atoms with Gasteiger partial charge in [-0.1, -0.05) is 30.3 Å². The Morgan fingerprint density at radius 2 is 1.76 bits per heavy atom. The molecule has 0 aromatic heterocycles. The van der Waals surface area contributed by atoms with Gasteiger partial charge in [0, 0.05) is 17.8 Å². The van der Waals surface area contributed by atoms with E-state index < -0.39 is 5.82 Å². The Morgan fingerprint density at radius 3 is 2.53 bits per heavy atom. The number of nitrogens with one attached hydrogen (secondary N) is 2. The van der Waals surface area contributed by atoms with Crippen LogP contribution < -0.4 is 10.9 Å². The number of benzene rings is 2. The highest BCUT2D eigenvalue weighted by atomic mass is 19.1. The molecule has 0 unspecified atom stereocenters. The van der Waals surface area contributed by atoms with Gasteiger partial charge in [0.15, 0.2) is 11.6 Å². The molecule has 17 heavy (non-hydrogen) atoms. The highest BCUT2D eigenvalue weighted by Gasteiger charge is 2.05. The van der Waals surface area contributed by atoms with E-state index in [2.05, 4.69) is 10.9 Å². The van der Waals surface area contributed by atoms with Crippen LogP contribution in [-0.2, 0) is 6.54 Å². The normalized spacial score (nSPS) is 10.2. The molecule has 2 aromatic carbocycles. The Balaban J connectivity index is 1.93. The first kappa shape index (κ1) is 11.4. The number of hydrazine groups is 1. The second-order valence-electron chi connectivity index (χ2n) is 3.59. The van der Waals surface area contributed by atoms with Crippen LogP contribution in [0.5, 0.6) is 5.75 Å². The second-order valence-corrected chi connectivity index (χ2v) is 3.59. The number of phenolic OH excluding ortho intramolecular Hbond substituents is 1. The van der Waals surface area contributed by atoms with Crippen molar-refractivity contribution < 1.29 is 9.50 Å². The zero-order chi connectivity index (χ0) is 12.1. The molecule has 0 bridgehead atoms. The summed E-state index contributed by atoms with van der Waals surface area (Å²) in [7, 11) is 0. The van der Waals surface area contributed by atoms with E-state index in [0.717, 1.165) is 5.69 Å². The number of phenols is 1. The first-order valence-corrected chi connectivity index (χ1v) is 5.27. The van der Waals surface area contributed by atoms with E-state index >= 15 is 0 Å². The number of hydrogen-bond acceptors (Lipinski definition) is 3. The molecule has 0 radical (unpaired) electrons. The fraction of sp³-hybridized carbons (Fsp3) is 0.0769. The number of aromatic hydroxyl groups is 1. The van der Waals surface area contributed by atoms with Crippen molar-refractivity contribution in [3.8, 4) is 5.75 Å². The van der Waals surface area contributed by atoms with Gasteiger partial charge in [0.25, 0.3) is 0 Å². The summed E-state index contributed by atoms with van der Waals surface area (Å²) in [6.45, 7) is 0.332. The molecule has 0 atom stereocenters. The first-order chi connectivity index (χ1) is 8.27. The lowest BCUT2D eigenvalue weighted by atomic mass is 10.2. The van der Waals surface area contributed by atoms with E-state index in [-0.39, 0.29) is 5.75 Å². The Kier molecular flexibility index (Phi) is 3.57. The number of hydrogen-bond donors (Lipinski definition) is 3. The number of anilines is 1. The van der Waals surface area contributed by atoms with Crippen molar-refractivity contribution in [3.63, 3.8) is 0 Å². The highest BCUT2D eigenvalue weighted by molar-refractivity contribution is 5.41. The van der Waals surface area contributed by atoms with Crippen molar-refractivity contribution in [2.45, 2.75) is 6.54 Å². The predicted molar refractivity (Wildman–Crippen MR) is 65.0 cm³/mol. The third-order valence-electron chi connectivity index (χ3n) is 2.36. The molecule has 3 N–H and O–H groups in total. The molecule has 2 aromatic rings. The summed E-state index contributed by atoms with van der Waals surface area (Å²) < 4.78 is 13.0. The van der Waals surface area contributed by atoms with Crippen LogP contribution in [0.2, 0.25) is 0 Å². The minimum Gasteiger partial charge on any atom is -0.505 e. The van der Waals surface area contributed by atoms with Crippen molar-refractivity contribution in [3.05, 3.63) is 59.9 Å². The smallest absolute Gasteiger partial charge is 0.165 e. The zero-order valence-corrected chi connectivity index (χ0v) is 9.15. The van der Waals surface area contributed by atoms with E-state index in [0.29, 0.717) is 12.1 Å². The van der Waals surface area contributed by atoms with Gasteiger partial charge in [-0.25, -0.2) is 9.82 Å². The summed E-state index contributed by atoms with van der Waals surface area (Å²) in [5, 5.41) is 9.45. The maximum absolute atomic E-state index is 13.0. The summed E-state index contributed by atoms with van der Waals surface area (Å²) in [6, 6.07) is 14.0. The van der Waals surface area contributed by atoms with E-state index in [1.165, 1.54) is 6.07 Å². The van der Waals surface area contributed by atoms with Gasteiger partial charge >= 0.3 is 0 Å². The number of halogens is 1. The molecule has 0 saturated carbocycles. The lowest BCUT2D eigenvalue weighted by Crippen LogP contribution is -2.20. The minimum atomic E-state index is -0.607. The van der Waals surface area contributed by atoms with Crippen LogP contribution in [0.15, 0.2) is 48.5 Å². The topological polar surface area (TPSA) is 44.3 Å². The molecule has 4 heteroatoms. The minimum absolute atomic E-state index is 0.310. The summed E-state index contributed by atoms with van der Waals surface area (Å²) in [5.41, 5.74) is 7.28. The number of para-hydroxylation sites is 2. The van der Waals surface area contributed by atoms with E-state index in [1.54, 1.807) is 12.1 Å². The van der Waals surface area contributed by atoms with Crippen molar-refractivity contribution in [1.29, 1.82) is 0 Å². The first-order valence-electron chi connectivity index (χ1n) is 5.27. The molecule has 0 fully saturated rings. The zero-order valence-electron chi connectivity index (χ0n) is 9.15. The van der Waals surface area contributed by atoms with Gasteiger partial charge in [-0.05, 0) is 18.2 Å². The number of rotatable bonds is 4. The van der Waals surface area contributed by atoms with Gasteiger partial charge in [0.1, 0.15) is 0 Å². The molecule has 88 valence electrons.